The summed E-state index contributed by atoms with van der Waals surface area (Å²) < 4.78 is 19.4. The number of esters is 1. The minimum absolute atomic E-state index is 0.171. The number of aromatic nitrogens is 4. The van der Waals surface area contributed by atoms with Crippen molar-refractivity contribution in [3.05, 3.63) is 60.2 Å². The Hall–Kier alpha value is -3.76. The number of imidazole rings is 1. The number of ether oxygens (including phenoxy) is 3. The van der Waals surface area contributed by atoms with Crippen molar-refractivity contribution in [3.63, 3.8) is 0 Å². The minimum atomic E-state index is -0.470. The van der Waals surface area contributed by atoms with Gasteiger partial charge in [-0.25, -0.2) is 15.0 Å². The van der Waals surface area contributed by atoms with E-state index < -0.39 is 5.60 Å². The highest BCUT2D eigenvalue weighted by Gasteiger charge is 2.28. The summed E-state index contributed by atoms with van der Waals surface area (Å²) in [6.45, 7) is 10.9. The molecule has 6 rings (SSSR count). The lowest BCUT2D eigenvalue weighted by Crippen LogP contribution is -2.39. The van der Waals surface area contributed by atoms with E-state index >= 15 is 0 Å². The van der Waals surface area contributed by atoms with Crippen LogP contribution < -0.4 is 9.64 Å². The van der Waals surface area contributed by atoms with Crippen molar-refractivity contribution in [2.45, 2.75) is 51.7 Å². The Morgan fingerprint density at radius 3 is 2.59 bits per heavy atom. The molecular weight excluding hydrogens is 520 g/mol. The molecule has 0 N–H and O–H groups in total. The van der Waals surface area contributed by atoms with Crippen LogP contribution in [-0.4, -0.2) is 81.8 Å². The van der Waals surface area contributed by atoms with Crippen molar-refractivity contribution in [2.24, 2.45) is 0 Å². The summed E-state index contributed by atoms with van der Waals surface area (Å²) in [4.78, 5) is 31.4. The van der Waals surface area contributed by atoms with Crippen LogP contribution in [0.2, 0.25) is 0 Å². The number of benzene rings is 1. The number of hydrogen-bond acceptors (Lipinski definition) is 9. The van der Waals surface area contributed by atoms with Gasteiger partial charge in [-0.2, -0.15) is 0 Å². The lowest BCUT2D eigenvalue weighted by molar-refractivity contribution is -0.156. The Bertz CT molecular complexity index is 1520. The molecule has 5 heterocycles. The summed E-state index contributed by atoms with van der Waals surface area (Å²) in [6.07, 6.45) is 5.94. The van der Waals surface area contributed by atoms with Gasteiger partial charge in [-0.05, 0) is 58.8 Å². The van der Waals surface area contributed by atoms with Gasteiger partial charge in [0.25, 0.3) is 0 Å². The van der Waals surface area contributed by atoms with Gasteiger partial charge in [0.1, 0.15) is 12.2 Å². The third kappa shape index (κ3) is 6.44. The highest BCUT2D eigenvalue weighted by Crippen LogP contribution is 2.31. The second kappa shape index (κ2) is 11.6. The summed E-state index contributed by atoms with van der Waals surface area (Å²) in [5.74, 6) is 1.58. The first-order valence-corrected chi connectivity index (χ1v) is 14.4. The molecule has 2 aliphatic heterocycles. The van der Waals surface area contributed by atoms with Gasteiger partial charge < -0.3 is 19.1 Å². The van der Waals surface area contributed by atoms with Crippen molar-refractivity contribution in [1.29, 1.82) is 0 Å². The molecule has 216 valence electrons. The Kier molecular flexibility index (Phi) is 7.77. The van der Waals surface area contributed by atoms with E-state index in [1.165, 1.54) is 0 Å². The highest BCUT2D eigenvalue weighted by atomic mass is 16.6. The maximum absolute atomic E-state index is 12.4. The standard InChI is InChI=1S/C31H38N6O4/c1-31(2,3)41-28(38)20-35-12-10-23(11-13-35)26-18-32-29(36-14-16-39-17-15-36)30-33-24(19-37(26)30)21-40-27-9-8-22-6-4-5-7-25(22)34-27/h4-9,18-19,23H,10-17,20-21H2,1-3H3. The molecule has 0 bridgehead atoms. The molecule has 10 nitrogen and oxygen atoms in total. The quantitative estimate of drug-likeness (QED) is 0.309. The maximum Gasteiger partial charge on any atom is 0.320 e. The van der Waals surface area contributed by atoms with Crippen LogP contribution in [0.3, 0.4) is 0 Å². The molecule has 2 saturated heterocycles. The molecule has 2 fully saturated rings. The second-order valence-electron chi connectivity index (χ2n) is 11.8. The van der Waals surface area contributed by atoms with Gasteiger partial charge in [-0.15, -0.1) is 0 Å². The van der Waals surface area contributed by atoms with Gasteiger partial charge in [0.2, 0.25) is 5.88 Å². The zero-order valence-electron chi connectivity index (χ0n) is 24.1. The summed E-state index contributed by atoms with van der Waals surface area (Å²) in [7, 11) is 0. The molecule has 0 saturated carbocycles. The number of likely N-dealkylation sites (tertiary alicyclic amines) is 1. The van der Waals surface area contributed by atoms with E-state index in [2.05, 4.69) is 25.4 Å². The van der Waals surface area contributed by atoms with Crippen LogP contribution in [0, 0.1) is 0 Å². The topological polar surface area (TPSA) is 94.3 Å². The number of carbonyl (C=O) groups is 1. The number of anilines is 1. The minimum Gasteiger partial charge on any atom is -0.471 e. The monoisotopic (exact) mass is 558 g/mol. The van der Waals surface area contributed by atoms with Crippen LogP contribution in [0.1, 0.15) is 50.9 Å². The number of pyridine rings is 1. The second-order valence-corrected chi connectivity index (χ2v) is 11.8. The first-order valence-electron chi connectivity index (χ1n) is 14.4. The molecule has 0 radical (unpaired) electrons. The van der Waals surface area contributed by atoms with Gasteiger partial charge in [-0.1, -0.05) is 18.2 Å². The van der Waals surface area contributed by atoms with Crippen molar-refractivity contribution < 1.29 is 19.0 Å². The number of rotatable bonds is 7. The van der Waals surface area contributed by atoms with E-state index in [4.69, 9.17) is 24.2 Å². The summed E-state index contributed by atoms with van der Waals surface area (Å²) in [5.41, 5.74) is 3.23. The smallest absolute Gasteiger partial charge is 0.320 e. The summed E-state index contributed by atoms with van der Waals surface area (Å²) in [6, 6.07) is 11.9. The number of morpholine rings is 1. The number of fused-ring (bicyclic) bond motifs is 2. The zero-order valence-corrected chi connectivity index (χ0v) is 24.1. The number of hydrogen-bond donors (Lipinski definition) is 0. The Morgan fingerprint density at radius 1 is 1.02 bits per heavy atom. The molecule has 3 aromatic heterocycles. The van der Waals surface area contributed by atoms with Crippen LogP contribution in [0.25, 0.3) is 16.6 Å². The van der Waals surface area contributed by atoms with E-state index in [0.29, 0.717) is 38.2 Å². The lowest BCUT2D eigenvalue weighted by atomic mass is 9.93. The number of nitrogens with zero attached hydrogens (tertiary/aromatic N) is 6. The van der Waals surface area contributed by atoms with Crippen LogP contribution in [0.4, 0.5) is 5.82 Å². The first-order chi connectivity index (χ1) is 19.8. The fourth-order valence-electron chi connectivity index (χ4n) is 5.62. The normalized spacial score (nSPS) is 17.3. The Labute approximate surface area is 240 Å². The Morgan fingerprint density at radius 2 is 1.80 bits per heavy atom. The molecule has 4 aromatic rings. The zero-order chi connectivity index (χ0) is 28.4. The van der Waals surface area contributed by atoms with E-state index in [-0.39, 0.29) is 5.97 Å². The van der Waals surface area contributed by atoms with E-state index in [0.717, 1.165) is 72.8 Å². The highest BCUT2D eigenvalue weighted by molar-refractivity contribution is 5.78. The molecule has 41 heavy (non-hydrogen) atoms. The third-order valence-electron chi connectivity index (χ3n) is 7.58. The van der Waals surface area contributed by atoms with Crippen molar-refractivity contribution >= 4 is 28.3 Å². The average Bonchev–Trinajstić information content (AvgIpc) is 3.40. The maximum atomic E-state index is 12.4. The van der Waals surface area contributed by atoms with Crippen molar-refractivity contribution in [2.75, 3.05) is 50.8 Å². The van der Waals surface area contributed by atoms with Gasteiger partial charge in [0, 0.05) is 48.5 Å². The predicted molar refractivity (Wildman–Crippen MR) is 156 cm³/mol. The van der Waals surface area contributed by atoms with Crippen LogP contribution in [0.5, 0.6) is 5.88 Å². The molecule has 0 spiro atoms. The average molecular weight is 559 g/mol. The largest absolute Gasteiger partial charge is 0.471 e. The molecule has 0 aliphatic carbocycles. The van der Waals surface area contributed by atoms with Gasteiger partial charge in [-0.3, -0.25) is 14.1 Å². The molecule has 0 amide bonds. The molecule has 0 atom stereocenters. The molecule has 10 heteroatoms. The van der Waals surface area contributed by atoms with Gasteiger partial charge >= 0.3 is 5.97 Å². The SMILES string of the molecule is CC(C)(C)OC(=O)CN1CCC(c2cnc(N3CCOCC3)c3nc(COc4ccc5ccccc5n4)cn23)CC1. The number of para-hydroxylation sites is 1. The van der Waals surface area contributed by atoms with Gasteiger partial charge in [0.15, 0.2) is 11.5 Å². The van der Waals surface area contributed by atoms with Crippen LogP contribution in [0.15, 0.2) is 48.8 Å². The fraction of sp³-hybridized carbons (Fsp3) is 0.484. The molecule has 1 aromatic carbocycles. The van der Waals surface area contributed by atoms with Crippen molar-refractivity contribution in [3.8, 4) is 5.88 Å². The lowest BCUT2D eigenvalue weighted by Gasteiger charge is -2.33. The predicted octanol–water partition coefficient (Wildman–Crippen LogP) is 4.21. The third-order valence-corrected chi connectivity index (χ3v) is 7.58. The number of piperidine rings is 1. The fourth-order valence-corrected chi connectivity index (χ4v) is 5.62. The molecule has 2 aliphatic rings. The Balaban J connectivity index is 1.21. The molecular formula is C31H38N6O4. The van der Waals surface area contributed by atoms with E-state index in [1.54, 1.807) is 0 Å². The van der Waals surface area contributed by atoms with Gasteiger partial charge in [0.05, 0.1) is 31.0 Å². The van der Waals surface area contributed by atoms with Crippen molar-refractivity contribution in [1.82, 2.24) is 24.3 Å². The van der Waals surface area contributed by atoms with E-state index in [1.807, 2.05) is 63.4 Å². The summed E-state index contributed by atoms with van der Waals surface area (Å²) >= 11 is 0. The van der Waals surface area contributed by atoms with E-state index in [9.17, 15) is 4.79 Å². The molecule has 0 unspecified atom stereocenters. The van der Waals surface area contributed by atoms with Crippen LogP contribution in [-0.2, 0) is 20.9 Å². The number of carbonyl (C=O) groups excluding carboxylic acids is 1. The first kappa shape index (κ1) is 27.4. The van der Waals surface area contributed by atoms with Crippen LogP contribution >= 0.6 is 0 Å². The summed E-state index contributed by atoms with van der Waals surface area (Å²) in [5, 5.41) is 1.08.